The van der Waals surface area contributed by atoms with Crippen LogP contribution < -0.4 is 14.8 Å². The summed E-state index contributed by atoms with van der Waals surface area (Å²) in [6.07, 6.45) is 3.68. The summed E-state index contributed by atoms with van der Waals surface area (Å²) in [5.41, 5.74) is 1.50. The Kier molecular flexibility index (Phi) is 11.2. The number of ether oxygens (including phenoxy) is 3. The van der Waals surface area contributed by atoms with Gasteiger partial charge in [0.25, 0.3) is 5.91 Å². The van der Waals surface area contributed by atoms with Gasteiger partial charge in [-0.05, 0) is 50.3 Å². The van der Waals surface area contributed by atoms with E-state index >= 15 is 0 Å². The number of hydrogen-bond acceptors (Lipinski definition) is 9. The van der Waals surface area contributed by atoms with E-state index in [-0.39, 0.29) is 43.8 Å². The van der Waals surface area contributed by atoms with Crippen LogP contribution in [0.25, 0.3) is 11.4 Å². The molecule has 2 heterocycles. The van der Waals surface area contributed by atoms with E-state index in [4.69, 9.17) is 19.3 Å². The molecule has 0 spiro atoms. The standard InChI is InChI=1S/C34H39N5O8/c1-2-45-34(44)39-18-16-38(17-19-39)33(43)28(20-23-12-14-25(15-13-23)46-22-30(40)41)36-32(42)27-21-29(47-26-10-6-7-11-26)37-31(35-27)24-8-4-3-5-9-24/h3-5,8-9,12-15,21,26,28H,2,6-7,10-11,16-20,22H2,1H3,(H,36,42)(H,40,41)/t28-/m0/s1. The molecule has 0 radical (unpaired) electrons. The fourth-order valence-corrected chi connectivity index (χ4v) is 5.57. The molecule has 2 N–H and O–H groups in total. The van der Waals surface area contributed by atoms with Crippen molar-refractivity contribution < 1.29 is 38.5 Å². The largest absolute Gasteiger partial charge is 0.482 e. The third-order valence-electron chi connectivity index (χ3n) is 8.00. The first-order valence-electron chi connectivity index (χ1n) is 15.8. The SMILES string of the molecule is CCOC(=O)N1CCN(C(=O)[C@H](Cc2ccc(OCC(=O)O)cc2)NC(=O)c2cc(OC3CCCC3)nc(-c3ccccc3)n2)CC1. The topological polar surface area (TPSA) is 160 Å². The lowest BCUT2D eigenvalue weighted by atomic mass is 10.0. The number of carboxylic acids is 1. The molecule has 1 aliphatic heterocycles. The molecule has 2 aliphatic rings. The lowest BCUT2D eigenvalue weighted by molar-refractivity contribution is -0.139. The Morgan fingerprint density at radius 3 is 2.28 bits per heavy atom. The van der Waals surface area contributed by atoms with E-state index < -0.39 is 30.6 Å². The van der Waals surface area contributed by atoms with E-state index in [2.05, 4.69) is 15.3 Å². The lowest BCUT2D eigenvalue weighted by Gasteiger charge is -2.36. The average molecular weight is 646 g/mol. The fraction of sp³-hybridized carbons (Fsp3) is 0.412. The quantitative estimate of drug-likeness (QED) is 0.298. The van der Waals surface area contributed by atoms with Gasteiger partial charge in [-0.2, -0.15) is 4.98 Å². The van der Waals surface area contributed by atoms with Gasteiger partial charge in [0.05, 0.1) is 6.61 Å². The molecule has 5 rings (SSSR count). The van der Waals surface area contributed by atoms with E-state index in [1.165, 1.54) is 6.07 Å². The number of carbonyl (C=O) groups is 4. The second kappa shape index (κ2) is 15.9. The number of nitrogens with one attached hydrogen (secondary N) is 1. The fourth-order valence-electron chi connectivity index (χ4n) is 5.57. The molecule has 2 fully saturated rings. The summed E-state index contributed by atoms with van der Waals surface area (Å²) in [5, 5.41) is 11.8. The van der Waals surface area contributed by atoms with E-state index in [0.717, 1.165) is 36.8 Å². The maximum atomic E-state index is 13.9. The number of piperazine rings is 1. The second-order valence-corrected chi connectivity index (χ2v) is 11.4. The third-order valence-corrected chi connectivity index (χ3v) is 8.00. The maximum Gasteiger partial charge on any atom is 0.409 e. The van der Waals surface area contributed by atoms with Crippen LogP contribution in [-0.2, 0) is 20.7 Å². The number of aromatic nitrogens is 2. The van der Waals surface area contributed by atoms with Crippen LogP contribution in [0.2, 0.25) is 0 Å². The Labute approximate surface area is 272 Å². The Balaban J connectivity index is 1.37. The van der Waals surface area contributed by atoms with E-state index in [1.54, 1.807) is 41.0 Å². The second-order valence-electron chi connectivity index (χ2n) is 11.4. The monoisotopic (exact) mass is 645 g/mol. The minimum Gasteiger partial charge on any atom is -0.482 e. The van der Waals surface area contributed by atoms with Gasteiger partial charge in [-0.15, -0.1) is 0 Å². The number of rotatable bonds is 12. The van der Waals surface area contributed by atoms with Crippen LogP contribution in [0.5, 0.6) is 11.6 Å². The van der Waals surface area contributed by atoms with Crippen molar-refractivity contribution in [2.24, 2.45) is 0 Å². The summed E-state index contributed by atoms with van der Waals surface area (Å²) in [6, 6.07) is 16.5. The van der Waals surface area contributed by atoms with Gasteiger partial charge in [-0.3, -0.25) is 9.59 Å². The Bertz CT molecular complexity index is 1540. The van der Waals surface area contributed by atoms with E-state index in [9.17, 15) is 19.2 Å². The maximum absolute atomic E-state index is 13.9. The van der Waals surface area contributed by atoms with Crippen LogP contribution >= 0.6 is 0 Å². The molecule has 1 atom stereocenters. The van der Waals surface area contributed by atoms with Crippen LogP contribution in [0.1, 0.15) is 48.7 Å². The Morgan fingerprint density at radius 1 is 0.936 bits per heavy atom. The summed E-state index contributed by atoms with van der Waals surface area (Å²) in [6.45, 7) is 2.66. The Hall–Kier alpha value is -5.20. The highest BCUT2D eigenvalue weighted by Gasteiger charge is 2.31. The molecule has 1 aliphatic carbocycles. The number of benzene rings is 2. The van der Waals surface area contributed by atoms with Crippen LogP contribution in [0, 0.1) is 0 Å². The summed E-state index contributed by atoms with van der Waals surface area (Å²) < 4.78 is 16.5. The molecule has 248 valence electrons. The zero-order valence-electron chi connectivity index (χ0n) is 26.3. The van der Waals surface area contributed by atoms with Gasteiger partial charge in [0.1, 0.15) is 23.6 Å². The molecule has 1 aromatic heterocycles. The van der Waals surface area contributed by atoms with Crippen molar-refractivity contribution in [1.82, 2.24) is 25.1 Å². The first kappa shape index (κ1) is 33.2. The van der Waals surface area contributed by atoms with Crippen LogP contribution in [0.15, 0.2) is 60.7 Å². The Morgan fingerprint density at radius 2 is 1.62 bits per heavy atom. The van der Waals surface area contributed by atoms with Crippen LogP contribution in [-0.4, -0.2) is 100 Å². The molecule has 1 saturated heterocycles. The highest BCUT2D eigenvalue weighted by atomic mass is 16.6. The van der Waals surface area contributed by atoms with Crippen molar-refractivity contribution >= 4 is 23.9 Å². The average Bonchev–Trinajstić information content (AvgIpc) is 3.60. The molecule has 0 unspecified atom stereocenters. The van der Waals surface area contributed by atoms with Crippen molar-refractivity contribution in [2.45, 2.75) is 51.2 Å². The lowest BCUT2D eigenvalue weighted by Crippen LogP contribution is -2.56. The molecule has 13 nitrogen and oxygen atoms in total. The number of hydrogen-bond donors (Lipinski definition) is 2. The molecule has 3 aromatic rings. The summed E-state index contributed by atoms with van der Waals surface area (Å²) in [7, 11) is 0. The molecule has 1 saturated carbocycles. The molecule has 47 heavy (non-hydrogen) atoms. The zero-order valence-corrected chi connectivity index (χ0v) is 26.3. The van der Waals surface area contributed by atoms with Gasteiger partial charge in [0, 0.05) is 44.2 Å². The molecule has 13 heteroatoms. The van der Waals surface area contributed by atoms with E-state index in [1.807, 2.05) is 30.3 Å². The number of amides is 3. The highest BCUT2D eigenvalue weighted by Crippen LogP contribution is 2.26. The van der Waals surface area contributed by atoms with Crippen molar-refractivity contribution in [1.29, 1.82) is 0 Å². The zero-order chi connectivity index (χ0) is 33.2. The van der Waals surface area contributed by atoms with Crippen LogP contribution in [0.3, 0.4) is 0 Å². The smallest absolute Gasteiger partial charge is 0.409 e. The first-order valence-corrected chi connectivity index (χ1v) is 15.8. The van der Waals surface area contributed by atoms with Gasteiger partial charge < -0.3 is 34.4 Å². The van der Waals surface area contributed by atoms with Gasteiger partial charge in [-0.25, -0.2) is 14.6 Å². The number of aliphatic carboxylic acids is 1. The normalized spacial score (nSPS) is 15.5. The van der Waals surface area contributed by atoms with Crippen molar-refractivity contribution in [3.05, 3.63) is 71.9 Å². The summed E-state index contributed by atoms with van der Waals surface area (Å²) in [5.74, 6) is -0.976. The number of nitrogens with zero attached hydrogens (tertiary/aromatic N) is 4. The van der Waals surface area contributed by atoms with Gasteiger partial charge in [0.15, 0.2) is 12.4 Å². The summed E-state index contributed by atoms with van der Waals surface area (Å²) >= 11 is 0. The van der Waals surface area contributed by atoms with Crippen LogP contribution in [0.4, 0.5) is 4.79 Å². The predicted octanol–water partition coefficient (Wildman–Crippen LogP) is 3.57. The van der Waals surface area contributed by atoms with Crippen molar-refractivity contribution in [3.8, 4) is 23.0 Å². The van der Waals surface area contributed by atoms with Crippen molar-refractivity contribution in [2.75, 3.05) is 39.4 Å². The number of carbonyl (C=O) groups excluding carboxylic acids is 3. The molecular formula is C34H39N5O8. The molecule has 0 bridgehead atoms. The van der Waals surface area contributed by atoms with Gasteiger partial charge in [0.2, 0.25) is 11.8 Å². The molecule has 2 aromatic carbocycles. The molecular weight excluding hydrogens is 606 g/mol. The summed E-state index contributed by atoms with van der Waals surface area (Å²) in [4.78, 5) is 63.2. The minimum absolute atomic E-state index is 0.00878. The minimum atomic E-state index is -1.09. The van der Waals surface area contributed by atoms with Crippen molar-refractivity contribution in [3.63, 3.8) is 0 Å². The first-order chi connectivity index (χ1) is 22.8. The predicted molar refractivity (Wildman–Crippen MR) is 170 cm³/mol. The highest BCUT2D eigenvalue weighted by molar-refractivity contribution is 5.96. The number of carboxylic acid groups (broad SMARTS) is 1. The molecule has 3 amide bonds. The third kappa shape index (κ3) is 9.18. The van der Waals surface area contributed by atoms with Gasteiger partial charge in [-0.1, -0.05) is 42.5 Å². The van der Waals surface area contributed by atoms with E-state index in [0.29, 0.717) is 30.5 Å². The van der Waals surface area contributed by atoms with Gasteiger partial charge >= 0.3 is 12.1 Å².